The molecule has 0 aliphatic heterocycles. The number of pyridine rings is 1. The number of imidazole rings is 1. The second kappa shape index (κ2) is 2.90. The molecule has 0 saturated carbocycles. The first-order valence-corrected chi connectivity index (χ1v) is 3.59. The average Bonchev–Trinajstić information content (AvgIpc) is 2.55. The van der Waals surface area contributed by atoms with Gasteiger partial charge in [-0.25, -0.2) is 9.97 Å². The average molecular weight is 179 g/mol. The zero-order chi connectivity index (χ0) is 13.5. The number of hydrogen-bond donors (Lipinski definition) is 1. The molecule has 2 N–H and O–H groups in total. The number of nitrogens with two attached hydrogens (primary N) is 1. The van der Waals surface area contributed by atoms with Crippen LogP contribution in [-0.4, -0.2) is 14.5 Å². The number of aromatic nitrogens is 3. The molecule has 0 amide bonds. The van der Waals surface area contributed by atoms with Crippen LogP contribution in [-0.2, 0) is 0 Å². The van der Waals surface area contributed by atoms with Gasteiger partial charge in [0.2, 0.25) is 0 Å². The molecular weight excluding hydrogens is 164 g/mol. The number of rotatable bonds is 1. The predicted octanol–water partition coefficient (Wildman–Crippen LogP) is 1.16. The molecule has 0 aromatic carbocycles. The lowest BCUT2D eigenvalue weighted by atomic mass is 10.4. The normalized spacial score (nSPS) is 16.8. The van der Waals surface area contributed by atoms with Crippen LogP contribution in [0.15, 0.2) is 30.8 Å². The molecule has 0 radical (unpaired) electrons. The van der Waals surface area contributed by atoms with Crippen molar-refractivity contribution in [3.8, 4) is 5.82 Å². The van der Waals surface area contributed by atoms with Crippen molar-refractivity contribution in [2.75, 3.05) is 5.73 Å². The minimum absolute atomic E-state index is 0.135. The van der Waals surface area contributed by atoms with Crippen LogP contribution >= 0.6 is 0 Å². The molecule has 2 rings (SSSR count). The molecule has 4 nitrogen and oxygen atoms in total. The van der Waals surface area contributed by atoms with Gasteiger partial charge in [0.25, 0.3) is 0 Å². The van der Waals surface area contributed by atoms with Crippen molar-refractivity contribution in [1.82, 2.24) is 14.5 Å². The van der Waals surface area contributed by atoms with Crippen LogP contribution in [0.4, 0.5) is 5.69 Å². The first-order chi connectivity index (χ1) is 8.32. The number of aryl methyl sites for hydroxylation is 1. The van der Waals surface area contributed by atoms with Crippen LogP contribution in [0, 0.1) is 6.85 Å². The van der Waals surface area contributed by atoms with Gasteiger partial charge in [-0.05, 0) is 19.0 Å². The summed E-state index contributed by atoms with van der Waals surface area (Å²) in [7, 11) is 0. The van der Waals surface area contributed by atoms with E-state index in [4.69, 9.17) is 12.6 Å². The molecule has 0 fully saturated rings. The summed E-state index contributed by atoms with van der Waals surface area (Å²) in [6, 6.07) is 3.16. The van der Waals surface area contributed by atoms with E-state index in [0.717, 1.165) is 4.57 Å². The summed E-state index contributed by atoms with van der Waals surface area (Å²) >= 11 is 0. The zero-order valence-corrected chi connectivity index (χ0v) is 6.65. The maximum atomic E-state index is 7.78. The number of nitrogen functional groups attached to an aromatic ring is 1. The van der Waals surface area contributed by atoms with E-state index in [1.54, 1.807) is 12.1 Å². The van der Waals surface area contributed by atoms with Crippen molar-refractivity contribution >= 4 is 5.69 Å². The Hall–Kier alpha value is -1.84. The molecular formula is C9H10N4. The second-order valence-corrected chi connectivity index (χ2v) is 2.42. The van der Waals surface area contributed by atoms with Gasteiger partial charge in [0, 0.05) is 16.5 Å². The lowest BCUT2D eigenvalue weighted by molar-refractivity contribution is 0.997. The van der Waals surface area contributed by atoms with Crippen LogP contribution in [0.1, 0.15) is 12.5 Å². The van der Waals surface area contributed by atoms with E-state index in [-0.39, 0.29) is 17.8 Å². The van der Waals surface area contributed by atoms with E-state index in [9.17, 15) is 0 Å². The fraction of sp³-hybridized carbons (Fsp3) is 0.111. The van der Waals surface area contributed by atoms with Gasteiger partial charge in [-0.1, -0.05) is 0 Å². The highest BCUT2D eigenvalue weighted by Crippen LogP contribution is 2.12. The lowest BCUT2D eigenvalue weighted by Crippen LogP contribution is -1.99. The van der Waals surface area contributed by atoms with Crippen LogP contribution in [0.5, 0.6) is 0 Å². The summed E-state index contributed by atoms with van der Waals surface area (Å²) in [6.07, 6.45) is 0.668. The van der Waals surface area contributed by atoms with E-state index in [1.807, 2.05) is 0 Å². The van der Waals surface area contributed by atoms with E-state index >= 15 is 0 Å². The smallest absolute Gasteiger partial charge is 0.161 e. The van der Waals surface area contributed by atoms with E-state index in [1.165, 1.54) is 6.20 Å². The summed E-state index contributed by atoms with van der Waals surface area (Å²) in [5.41, 5.74) is 5.50. The van der Waals surface area contributed by atoms with Gasteiger partial charge in [-0.3, -0.25) is 4.57 Å². The summed E-state index contributed by atoms with van der Waals surface area (Å²) in [4.78, 5) is 7.52. The first kappa shape index (κ1) is 3.91. The van der Waals surface area contributed by atoms with Crippen molar-refractivity contribution < 1.29 is 6.85 Å². The SMILES string of the molecule is [2H]c1nc(C([2H])([2H])[2H])c([2H])n1-c1ncccc1N. The third-order valence-corrected chi connectivity index (χ3v) is 1.51. The maximum Gasteiger partial charge on any atom is 0.161 e. The Morgan fingerprint density at radius 1 is 1.62 bits per heavy atom. The van der Waals surface area contributed by atoms with Crippen LogP contribution in [0.2, 0.25) is 0 Å². The van der Waals surface area contributed by atoms with Crippen LogP contribution in [0.3, 0.4) is 0 Å². The number of anilines is 1. The quantitative estimate of drug-likeness (QED) is 0.714. The summed E-state index contributed by atoms with van der Waals surface area (Å²) in [5, 5.41) is 0. The molecule has 13 heavy (non-hydrogen) atoms. The number of hydrogen-bond acceptors (Lipinski definition) is 3. The van der Waals surface area contributed by atoms with Crippen molar-refractivity contribution in [2.24, 2.45) is 0 Å². The highest BCUT2D eigenvalue weighted by atomic mass is 15.1. The third-order valence-electron chi connectivity index (χ3n) is 1.51. The topological polar surface area (TPSA) is 56.7 Å². The van der Waals surface area contributed by atoms with Gasteiger partial charge in [0.15, 0.2) is 5.82 Å². The summed E-state index contributed by atoms with van der Waals surface area (Å²) in [6.45, 7) is -2.54. The van der Waals surface area contributed by atoms with Gasteiger partial charge in [0.05, 0.1) is 12.8 Å². The minimum Gasteiger partial charge on any atom is -0.396 e. The summed E-state index contributed by atoms with van der Waals surface area (Å²) < 4.78 is 38.1. The molecule has 0 aliphatic carbocycles. The van der Waals surface area contributed by atoms with E-state index in [0.29, 0.717) is 0 Å². The molecule has 0 saturated heterocycles. The molecule has 2 aromatic heterocycles. The highest BCUT2D eigenvalue weighted by molar-refractivity contribution is 5.52. The fourth-order valence-electron chi connectivity index (χ4n) is 0.952. The van der Waals surface area contributed by atoms with Gasteiger partial charge in [-0.2, -0.15) is 0 Å². The van der Waals surface area contributed by atoms with E-state index < -0.39 is 18.7 Å². The van der Waals surface area contributed by atoms with Gasteiger partial charge in [-0.15, -0.1) is 0 Å². The van der Waals surface area contributed by atoms with Gasteiger partial charge < -0.3 is 5.73 Å². The lowest BCUT2D eigenvalue weighted by Gasteiger charge is -2.02. The van der Waals surface area contributed by atoms with Crippen molar-refractivity contribution in [3.63, 3.8) is 0 Å². The van der Waals surface area contributed by atoms with Crippen molar-refractivity contribution in [3.05, 3.63) is 36.5 Å². The maximum absolute atomic E-state index is 7.78. The van der Waals surface area contributed by atoms with Gasteiger partial charge in [0.1, 0.15) is 7.67 Å². The number of nitrogens with zero attached hydrogens (tertiary/aromatic N) is 3. The molecule has 4 heteroatoms. The predicted molar refractivity (Wildman–Crippen MR) is 50.5 cm³/mol. The molecule has 0 aliphatic rings. The van der Waals surface area contributed by atoms with Crippen LogP contribution in [0.25, 0.3) is 5.82 Å². The monoisotopic (exact) mass is 179 g/mol. The Morgan fingerprint density at radius 3 is 3.23 bits per heavy atom. The molecule has 0 spiro atoms. The zero-order valence-electron chi connectivity index (χ0n) is 11.7. The molecule has 66 valence electrons. The first-order valence-electron chi connectivity index (χ1n) is 6.09. The Kier molecular flexibility index (Phi) is 0.871. The minimum atomic E-state index is -2.54. The van der Waals surface area contributed by atoms with Gasteiger partial charge >= 0.3 is 0 Å². The standard InChI is InChI=1S/C9H10N4/c1-7-5-13(6-12-7)9-8(10)3-2-4-11-9/h2-6H,10H2,1H3/i1D3,5D,6D. The molecule has 0 unspecified atom stereocenters. The highest BCUT2D eigenvalue weighted by Gasteiger charge is 2.01. The Balaban J connectivity index is 2.67. The van der Waals surface area contributed by atoms with Crippen molar-refractivity contribution in [2.45, 2.75) is 6.85 Å². The second-order valence-electron chi connectivity index (χ2n) is 2.42. The van der Waals surface area contributed by atoms with Crippen molar-refractivity contribution in [1.29, 1.82) is 0 Å². The Morgan fingerprint density at radius 2 is 2.54 bits per heavy atom. The molecule has 2 aromatic rings. The molecule has 0 bridgehead atoms. The Bertz CT molecular complexity index is 589. The summed E-state index contributed by atoms with van der Waals surface area (Å²) in [5.74, 6) is 0.135. The largest absolute Gasteiger partial charge is 0.396 e. The van der Waals surface area contributed by atoms with E-state index in [2.05, 4.69) is 9.97 Å². The van der Waals surface area contributed by atoms with Crippen LogP contribution < -0.4 is 5.73 Å². The molecule has 2 heterocycles. The molecule has 0 atom stereocenters. The fourth-order valence-corrected chi connectivity index (χ4v) is 0.952. The Labute approximate surface area is 83.1 Å². The third kappa shape index (κ3) is 1.38.